The van der Waals surface area contributed by atoms with Crippen molar-refractivity contribution in [3.8, 4) is 0 Å². The Morgan fingerprint density at radius 1 is 1.12 bits per heavy atom. The molecule has 0 atom stereocenters. The number of aryl methyl sites for hydroxylation is 1. The maximum Gasteiger partial charge on any atom is 0.226 e. The lowest BCUT2D eigenvalue weighted by molar-refractivity contribution is -0.129. The van der Waals surface area contributed by atoms with Crippen molar-refractivity contribution in [2.75, 3.05) is 11.9 Å². The van der Waals surface area contributed by atoms with Crippen LogP contribution in [-0.2, 0) is 16.1 Å². The Hall–Kier alpha value is -2.04. The Morgan fingerprint density at radius 3 is 2.52 bits per heavy atom. The van der Waals surface area contributed by atoms with Crippen LogP contribution in [0.2, 0.25) is 10.0 Å². The fourth-order valence-corrected chi connectivity index (χ4v) is 2.87. The van der Waals surface area contributed by atoms with Gasteiger partial charge in [0.05, 0.1) is 10.7 Å². The lowest BCUT2D eigenvalue weighted by atomic mass is 10.1. The number of hydrogen-bond acceptors (Lipinski definition) is 2. The molecular formula is C19H20Cl2N2O2. The van der Waals surface area contributed by atoms with Crippen molar-refractivity contribution < 1.29 is 9.59 Å². The Bertz CT molecular complexity index is 778. The molecule has 4 nitrogen and oxygen atoms in total. The molecule has 2 aromatic rings. The summed E-state index contributed by atoms with van der Waals surface area (Å²) in [5.41, 5.74) is 2.68. The van der Waals surface area contributed by atoms with Gasteiger partial charge in [0.15, 0.2) is 0 Å². The Morgan fingerprint density at radius 2 is 1.88 bits per heavy atom. The number of carbonyl (C=O) groups is 2. The molecule has 25 heavy (non-hydrogen) atoms. The second-order valence-electron chi connectivity index (χ2n) is 5.85. The van der Waals surface area contributed by atoms with Gasteiger partial charge in [-0.3, -0.25) is 9.59 Å². The first-order chi connectivity index (χ1) is 11.8. The van der Waals surface area contributed by atoms with E-state index in [-0.39, 0.29) is 18.2 Å². The van der Waals surface area contributed by atoms with Crippen molar-refractivity contribution in [1.82, 2.24) is 4.90 Å². The smallest absolute Gasteiger partial charge is 0.226 e. The van der Waals surface area contributed by atoms with Gasteiger partial charge in [-0.05, 0) is 30.7 Å². The minimum absolute atomic E-state index is 0.0705. The SMILES string of the molecule is CC(=O)N(CCC(=O)Nc1ccc(Cl)cc1Cl)Cc1cccc(C)c1. The van der Waals surface area contributed by atoms with Gasteiger partial charge in [-0.25, -0.2) is 0 Å². The predicted molar refractivity (Wildman–Crippen MR) is 102 cm³/mol. The number of nitrogens with zero attached hydrogens (tertiary/aromatic N) is 1. The maximum absolute atomic E-state index is 12.1. The fourth-order valence-electron chi connectivity index (χ4n) is 2.42. The molecule has 0 aliphatic rings. The molecule has 0 saturated heterocycles. The van der Waals surface area contributed by atoms with Gasteiger partial charge in [-0.2, -0.15) is 0 Å². The summed E-state index contributed by atoms with van der Waals surface area (Å²) in [6.45, 7) is 4.32. The highest BCUT2D eigenvalue weighted by Gasteiger charge is 2.13. The molecule has 2 rings (SSSR count). The zero-order valence-electron chi connectivity index (χ0n) is 14.2. The molecule has 132 valence electrons. The normalized spacial score (nSPS) is 10.4. The van der Waals surface area contributed by atoms with Crippen LogP contribution < -0.4 is 5.32 Å². The van der Waals surface area contributed by atoms with Gasteiger partial charge < -0.3 is 10.2 Å². The number of nitrogens with one attached hydrogen (secondary N) is 1. The molecule has 0 aliphatic heterocycles. The zero-order valence-corrected chi connectivity index (χ0v) is 15.7. The molecule has 0 aromatic heterocycles. The minimum atomic E-state index is -0.209. The minimum Gasteiger partial charge on any atom is -0.338 e. The van der Waals surface area contributed by atoms with Gasteiger partial charge in [0.25, 0.3) is 0 Å². The van der Waals surface area contributed by atoms with Gasteiger partial charge >= 0.3 is 0 Å². The Labute approximate surface area is 157 Å². The number of benzene rings is 2. The van der Waals surface area contributed by atoms with Crippen LogP contribution in [-0.4, -0.2) is 23.3 Å². The highest BCUT2D eigenvalue weighted by atomic mass is 35.5. The summed E-state index contributed by atoms with van der Waals surface area (Å²) in [6.07, 6.45) is 0.185. The second-order valence-corrected chi connectivity index (χ2v) is 6.70. The largest absolute Gasteiger partial charge is 0.338 e. The summed E-state index contributed by atoms with van der Waals surface area (Å²) < 4.78 is 0. The van der Waals surface area contributed by atoms with Crippen molar-refractivity contribution >= 4 is 40.7 Å². The first-order valence-corrected chi connectivity index (χ1v) is 8.66. The summed E-state index contributed by atoms with van der Waals surface area (Å²) in [5.74, 6) is -0.279. The monoisotopic (exact) mass is 378 g/mol. The summed E-state index contributed by atoms with van der Waals surface area (Å²) in [5, 5.41) is 3.62. The van der Waals surface area contributed by atoms with E-state index < -0.39 is 0 Å². The third-order valence-corrected chi connectivity index (χ3v) is 4.26. The molecule has 0 spiro atoms. The quantitative estimate of drug-likeness (QED) is 0.792. The number of rotatable bonds is 6. The number of anilines is 1. The Kier molecular flexibility index (Phi) is 6.85. The van der Waals surface area contributed by atoms with E-state index in [2.05, 4.69) is 5.32 Å². The summed E-state index contributed by atoms with van der Waals surface area (Å²) in [7, 11) is 0. The molecule has 0 fully saturated rings. The van der Waals surface area contributed by atoms with Crippen LogP contribution in [0.25, 0.3) is 0 Å². The van der Waals surface area contributed by atoms with E-state index in [9.17, 15) is 9.59 Å². The van der Waals surface area contributed by atoms with Crippen molar-refractivity contribution in [2.45, 2.75) is 26.8 Å². The molecule has 0 saturated carbocycles. The molecule has 0 bridgehead atoms. The van der Waals surface area contributed by atoms with E-state index in [1.807, 2.05) is 31.2 Å². The van der Waals surface area contributed by atoms with Gasteiger partial charge in [0.1, 0.15) is 0 Å². The molecule has 0 heterocycles. The number of hydrogen-bond donors (Lipinski definition) is 1. The average molecular weight is 379 g/mol. The highest BCUT2D eigenvalue weighted by molar-refractivity contribution is 6.36. The van der Waals surface area contributed by atoms with Crippen molar-refractivity contribution in [3.05, 3.63) is 63.6 Å². The molecule has 6 heteroatoms. The van der Waals surface area contributed by atoms with E-state index in [0.717, 1.165) is 11.1 Å². The molecule has 0 aliphatic carbocycles. The van der Waals surface area contributed by atoms with Crippen LogP contribution in [0.4, 0.5) is 5.69 Å². The first kappa shape index (κ1) is 19.3. The van der Waals surface area contributed by atoms with Gasteiger partial charge in [0.2, 0.25) is 11.8 Å². The zero-order chi connectivity index (χ0) is 18.4. The van der Waals surface area contributed by atoms with Crippen molar-refractivity contribution in [1.29, 1.82) is 0 Å². The lowest BCUT2D eigenvalue weighted by Crippen LogP contribution is -2.31. The molecule has 1 N–H and O–H groups in total. The van der Waals surface area contributed by atoms with E-state index in [1.165, 1.54) is 6.92 Å². The van der Waals surface area contributed by atoms with Crippen molar-refractivity contribution in [2.24, 2.45) is 0 Å². The summed E-state index contributed by atoms with van der Waals surface area (Å²) >= 11 is 11.9. The highest BCUT2D eigenvalue weighted by Crippen LogP contribution is 2.25. The predicted octanol–water partition coefficient (Wildman–Crippen LogP) is 4.68. The van der Waals surface area contributed by atoms with Gasteiger partial charge in [-0.1, -0.05) is 53.0 Å². The number of halogens is 2. The van der Waals surface area contributed by atoms with Crippen LogP contribution in [0.1, 0.15) is 24.5 Å². The van der Waals surface area contributed by atoms with Crippen molar-refractivity contribution in [3.63, 3.8) is 0 Å². The molecule has 2 aromatic carbocycles. The van der Waals surface area contributed by atoms with E-state index in [0.29, 0.717) is 28.8 Å². The lowest BCUT2D eigenvalue weighted by Gasteiger charge is -2.21. The number of amides is 2. The second kappa shape index (κ2) is 8.88. The summed E-state index contributed by atoms with van der Waals surface area (Å²) in [4.78, 5) is 25.6. The maximum atomic E-state index is 12.1. The van der Waals surface area contributed by atoms with Gasteiger partial charge in [0, 0.05) is 31.5 Å². The first-order valence-electron chi connectivity index (χ1n) is 7.91. The molecule has 0 unspecified atom stereocenters. The summed E-state index contributed by atoms with van der Waals surface area (Å²) in [6, 6.07) is 12.8. The third kappa shape index (κ3) is 6.07. The Balaban J connectivity index is 1.94. The fraction of sp³-hybridized carbons (Fsp3) is 0.263. The number of carbonyl (C=O) groups excluding carboxylic acids is 2. The van der Waals surface area contributed by atoms with Crippen LogP contribution in [0, 0.1) is 6.92 Å². The van der Waals surface area contributed by atoms with E-state index in [1.54, 1.807) is 23.1 Å². The van der Waals surface area contributed by atoms with Crippen LogP contribution in [0.5, 0.6) is 0 Å². The van der Waals surface area contributed by atoms with Crippen LogP contribution >= 0.6 is 23.2 Å². The van der Waals surface area contributed by atoms with Crippen LogP contribution in [0.3, 0.4) is 0 Å². The van der Waals surface area contributed by atoms with E-state index >= 15 is 0 Å². The molecule has 0 radical (unpaired) electrons. The topological polar surface area (TPSA) is 49.4 Å². The molecule has 2 amide bonds. The van der Waals surface area contributed by atoms with Gasteiger partial charge in [-0.15, -0.1) is 0 Å². The van der Waals surface area contributed by atoms with Crippen LogP contribution in [0.15, 0.2) is 42.5 Å². The standard InChI is InChI=1S/C19H20Cl2N2O2/c1-13-4-3-5-15(10-13)12-23(14(2)24)9-8-19(25)22-18-7-6-16(20)11-17(18)21/h3-7,10-11H,8-9,12H2,1-2H3,(H,22,25). The molecular weight excluding hydrogens is 359 g/mol. The van der Waals surface area contributed by atoms with E-state index in [4.69, 9.17) is 23.2 Å². The average Bonchev–Trinajstić information content (AvgIpc) is 2.54. The third-order valence-electron chi connectivity index (χ3n) is 3.72.